The molecule has 9 heteroatoms. The van der Waals surface area contributed by atoms with Crippen LogP contribution in [0.1, 0.15) is 11.1 Å². The van der Waals surface area contributed by atoms with Crippen molar-refractivity contribution < 1.29 is 19.1 Å². The molecule has 0 unspecified atom stereocenters. The van der Waals surface area contributed by atoms with Crippen molar-refractivity contribution in [3.05, 3.63) is 82.3 Å². The number of urea groups is 1. The minimum Gasteiger partial charge on any atom is -0.493 e. The van der Waals surface area contributed by atoms with Crippen LogP contribution in [0.2, 0.25) is 0 Å². The number of carbonyl (C=O) groups excluding carboxylic acids is 2. The molecule has 0 fully saturated rings. The number of anilines is 2. The molecule has 3 rings (SSSR count). The van der Waals surface area contributed by atoms with E-state index in [1.54, 1.807) is 36.4 Å². The minimum atomic E-state index is -0.468. The fourth-order valence-electron chi connectivity index (χ4n) is 2.79. The molecule has 0 aliphatic rings. The summed E-state index contributed by atoms with van der Waals surface area (Å²) in [6.07, 6.45) is 1.47. The van der Waals surface area contributed by atoms with E-state index in [-0.39, 0.29) is 12.5 Å². The predicted octanol–water partition coefficient (Wildman–Crippen LogP) is 4.94. The van der Waals surface area contributed by atoms with Crippen molar-refractivity contribution in [3.63, 3.8) is 0 Å². The predicted molar refractivity (Wildman–Crippen MR) is 132 cm³/mol. The van der Waals surface area contributed by atoms with Crippen molar-refractivity contribution >= 4 is 45.5 Å². The number of nitrogens with one attached hydrogen (secondary N) is 3. The van der Waals surface area contributed by atoms with Gasteiger partial charge in [-0.3, -0.25) is 4.79 Å². The number of carbonyl (C=O) groups is 2. The lowest BCUT2D eigenvalue weighted by molar-refractivity contribution is -0.118. The molecular formula is C24H23BrN4O4. The molecule has 3 amide bonds. The van der Waals surface area contributed by atoms with Gasteiger partial charge in [-0.05, 0) is 66.6 Å². The molecule has 0 atom stereocenters. The van der Waals surface area contributed by atoms with Gasteiger partial charge in [-0.25, -0.2) is 10.2 Å². The third kappa shape index (κ3) is 7.36. The van der Waals surface area contributed by atoms with Crippen LogP contribution < -0.4 is 25.5 Å². The Labute approximate surface area is 200 Å². The van der Waals surface area contributed by atoms with Gasteiger partial charge < -0.3 is 20.1 Å². The van der Waals surface area contributed by atoms with E-state index in [1.807, 2.05) is 37.3 Å². The maximum atomic E-state index is 12.1. The van der Waals surface area contributed by atoms with Crippen LogP contribution in [-0.2, 0) is 4.79 Å². The Bertz CT molecular complexity index is 1150. The molecule has 3 aromatic rings. The van der Waals surface area contributed by atoms with Gasteiger partial charge >= 0.3 is 6.03 Å². The van der Waals surface area contributed by atoms with Crippen LogP contribution in [0, 0.1) is 6.92 Å². The first kappa shape index (κ1) is 23.8. The number of hydrogen-bond donors (Lipinski definition) is 3. The summed E-state index contributed by atoms with van der Waals surface area (Å²) >= 11 is 3.42. The summed E-state index contributed by atoms with van der Waals surface area (Å²) in [6, 6.07) is 19.2. The molecule has 0 saturated carbocycles. The van der Waals surface area contributed by atoms with Crippen molar-refractivity contribution in [1.82, 2.24) is 5.43 Å². The zero-order chi connectivity index (χ0) is 23.6. The molecule has 0 bridgehead atoms. The van der Waals surface area contributed by atoms with Gasteiger partial charge in [-0.1, -0.05) is 34.1 Å². The Balaban J connectivity index is 1.52. The minimum absolute atomic E-state index is 0.171. The number of ether oxygens (including phenoxy) is 2. The number of benzene rings is 3. The maximum Gasteiger partial charge on any atom is 0.339 e. The molecule has 8 nitrogen and oxygen atoms in total. The Kier molecular flexibility index (Phi) is 8.43. The van der Waals surface area contributed by atoms with Gasteiger partial charge in [-0.2, -0.15) is 5.10 Å². The van der Waals surface area contributed by atoms with Gasteiger partial charge in [0.15, 0.2) is 18.1 Å². The van der Waals surface area contributed by atoms with Gasteiger partial charge in [0.1, 0.15) is 0 Å². The summed E-state index contributed by atoms with van der Waals surface area (Å²) in [5.41, 5.74) is 5.44. The molecule has 0 heterocycles. The highest BCUT2D eigenvalue weighted by molar-refractivity contribution is 9.10. The highest BCUT2D eigenvalue weighted by Gasteiger charge is 2.09. The Morgan fingerprint density at radius 2 is 1.76 bits per heavy atom. The summed E-state index contributed by atoms with van der Waals surface area (Å²) in [6.45, 7) is 1.76. The molecule has 0 saturated heterocycles. The lowest BCUT2D eigenvalue weighted by Crippen LogP contribution is -2.24. The normalized spacial score (nSPS) is 10.5. The molecule has 33 heavy (non-hydrogen) atoms. The maximum absolute atomic E-state index is 12.1. The SMILES string of the molecule is COc1cc(/C=N/NC(=O)Nc2ccc(Br)c(C)c2)ccc1OCC(=O)Nc1ccccc1. The highest BCUT2D eigenvalue weighted by atomic mass is 79.9. The van der Waals surface area contributed by atoms with E-state index in [2.05, 4.69) is 37.1 Å². The summed E-state index contributed by atoms with van der Waals surface area (Å²) in [4.78, 5) is 24.1. The summed E-state index contributed by atoms with van der Waals surface area (Å²) in [5, 5.41) is 9.40. The van der Waals surface area contributed by atoms with Gasteiger partial charge in [0.05, 0.1) is 13.3 Å². The van der Waals surface area contributed by atoms with Crippen LogP contribution in [0.5, 0.6) is 11.5 Å². The topological polar surface area (TPSA) is 101 Å². The second kappa shape index (κ2) is 11.7. The number of nitrogens with zero attached hydrogens (tertiary/aromatic N) is 1. The first-order valence-corrected chi connectivity index (χ1v) is 10.8. The molecule has 0 spiro atoms. The Hall–Kier alpha value is -3.85. The van der Waals surface area contributed by atoms with Crippen LogP contribution in [0.4, 0.5) is 16.2 Å². The second-order valence-electron chi connectivity index (χ2n) is 6.90. The van der Waals surface area contributed by atoms with E-state index < -0.39 is 6.03 Å². The summed E-state index contributed by atoms with van der Waals surface area (Å²) < 4.78 is 11.9. The Morgan fingerprint density at radius 1 is 0.970 bits per heavy atom. The van der Waals surface area contributed by atoms with Gasteiger partial charge in [-0.15, -0.1) is 0 Å². The molecule has 3 N–H and O–H groups in total. The number of rotatable bonds is 8. The molecule has 0 radical (unpaired) electrons. The fourth-order valence-corrected chi connectivity index (χ4v) is 3.04. The van der Waals surface area contributed by atoms with E-state index in [1.165, 1.54) is 13.3 Å². The number of hydrazone groups is 1. The van der Waals surface area contributed by atoms with E-state index in [4.69, 9.17) is 9.47 Å². The van der Waals surface area contributed by atoms with Crippen LogP contribution >= 0.6 is 15.9 Å². The van der Waals surface area contributed by atoms with Crippen molar-refractivity contribution in [3.8, 4) is 11.5 Å². The number of halogens is 1. The van der Waals surface area contributed by atoms with Crippen molar-refractivity contribution in [1.29, 1.82) is 0 Å². The third-order valence-electron chi connectivity index (χ3n) is 4.40. The van der Waals surface area contributed by atoms with Crippen LogP contribution in [0.25, 0.3) is 0 Å². The molecule has 170 valence electrons. The van der Waals surface area contributed by atoms with E-state index in [0.29, 0.717) is 28.4 Å². The van der Waals surface area contributed by atoms with Crippen molar-refractivity contribution in [2.75, 3.05) is 24.4 Å². The average molecular weight is 511 g/mol. The molecule has 0 aliphatic heterocycles. The number of para-hydroxylation sites is 1. The van der Waals surface area contributed by atoms with Crippen molar-refractivity contribution in [2.45, 2.75) is 6.92 Å². The van der Waals surface area contributed by atoms with E-state index in [0.717, 1.165) is 10.0 Å². The summed E-state index contributed by atoms with van der Waals surface area (Å²) in [5.74, 6) is 0.556. The quantitative estimate of drug-likeness (QED) is 0.295. The van der Waals surface area contributed by atoms with Crippen molar-refractivity contribution in [2.24, 2.45) is 5.10 Å². The van der Waals surface area contributed by atoms with Crippen LogP contribution in [0.3, 0.4) is 0 Å². The smallest absolute Gasteiger partial charge is 0.339 e. The first-order chi connectivity index (χ1) is 15.9. The van der Waals surface area contributed by atoms with Gasteiger partial charge in [0.25, 0.3) is 5.91 Å². The molecule has 0 aliphatic carbocycles. The molecule has 0 aromatic heterocycles. The highest BCUT2D eigenvalue weighted by Crippen LogP contribution is 2.27. The van der Waals surface area contributed by atoms with Gasteiger partial charge in [0, 0.05) is 15.8 Å². The van der Waals surface area contributed by atoms with E-state index in [9.17, 15) is 9.59 Å². The number of amides is 3. The number of hydrogen-bond acceptors (Lipinski definition) is 5. The monoisotopic (exact) mass is 510 g/mol. The molecule has 3 aromatic carbocycles. The van der Waals surface area contributed by atoms with Gasteiger partial charge in [0.2, 0.25) is 0 Å². The largest absolute Gasteiger partial charge is 0.493 e. The van der Waals surface area contributed by atoms with Crippen LogP contribution in [-0.4, -0.2) is 31.9 Å². The molecular weight excluding hydrogens is 488 g/mol. The van der Waals surface area contributed by atoms with E-state index >= 15 is 0 Å². The number of methoxy groups -OCH3 is 1. The summed E-state index contributed by atoms with van der Waals surface area (Å²) in [7, 11) is 1.50. The fraction of sp³-hybridized carbons (Fsp3) is 0.125. The first-order valence-electron chi connectivity index (χ1n) is 9.96. The standard InChI is InChI=1S/C24H23BrN4O4/c1-16-12-19(9-10-20(16)25)28-24(31)29-26-14-17-8-11-21(22(13-17)32-2)33-15-23(30)27-18-6-4-3-5-7-18/h3-14H,15H2,1-2H3,(H,27,30)(H2,28,29,31)/b26-14+. The zero-order valence-electron chi connectivity index (χ0n) is 18.1. The lowest BCUT2D eigenvalue weighted by Gasteiger charge is -2.11. The van der Waals surface area contributed by atoms with Crippen LogP contribution in [0.15, 0.2) is 76.3 Å². The number of aryl methyl sites for hydroxylation is 1. The third-order valence-corrected chi connectivity index (χ3v) is 5.29. The zero-order valence-corrected chi connectivity index (χ0v) is 19.7. The second-order valence-corrected chi connectivity index (χ2v) is 7.76. The average Bonchev–Trinajstić information content (AvgIpc) is 2.81. The Morgan fingerprint density at radius 3 is 2.48 bits per heavy atom. The lowest BCUT2D eigenvalue weighted by atomic mass is 10.2.